The maximum atomic E-state index is 12.6. The lowest BCUT2D eigenvalue weighted by Crippen LogP contribution is -2.27. The van der Waals surface area contributed by atoms with Gasteiger partial charge in [0.2, 0.25) is 0 Å². The van der Waals surface area contributed by atoms with Crippen LogP contribution in [0.15, 0.2) is 24.3 Å². The average Bonchev–Trinajstić information content (AvgIpc) is 3.15. The van der Waals surface area contributed by atoms with Crippen molar-refractivity contribution >= 4 is 29.7 Å². The molecule has 0 saturated heterocycles. The predicted octanol–water partition coefficient (Wildman–Crippen LogP) is 3.45. The van der Waals surface area contributed by atoms with Crippen LogP contribution in [-0.4, -0.2) is 37.0 Å². The number of aryl methyl sites for hydroxylation is 2. The summed E-state index contributed by atoms with van der Waals surface area (Å²) in [5.74, 6) is 0.570. The Morgan fingerprint density at radius 3 is 2.68 bits per heavy atom. The van der Waals surface area contributed by atoms with Crippen molar-refractivity contribution in [3.63, 3.8) is 0 Å². The van der Waals surface area contributed by atoms with Gasteiger partial charge in [-0.2, -0.15) is 10.2 Å². The number of H-pyrrole nitrogens is 1. The van der Waals surface area contributed by atoms with Gasteiger partial charge in [-0.25, -0.2) is 4.68 Å². The van der Waals surface area contributed by atoms with Gasteiger partial charge in [-0.15, -0.1) is 0 Å². The second-order valence-corrected chi connectivity index (χ2v) is 7.33. The van der Waals surface area contributed by atoms with Gasteiger partial charge in [-0.1, -0.05) is 41.4 Å². The summed E-state index contributed by atoms with van der Waals surface area (Å²) in [6.07, 6.45) is 0.570. The quantitative estimate of drug-likeness (QED) is 0.576. The van der Waals surface area contributed by atoms with E-state index in [1.165, 1.54) is 5.56 Å². The van der Waals surface area contributed by atoms with Gasteiger partial charge in [-0.05, 0) is 38.6 Å². The molecule has 1 aromatic carbocycles. The van der Waals surface area contributed by atoms with Crippen LogP contribution in [0.25, 0.3) is 0 Å². The van der Waals surface area contributed by atoms with Gasteiger partial charge in [0.05, 0.1) is 17.8 Å². The van der Waals surface area contributed by atoms with Crippen LogP contribution in [0.4, 0.5) is 0 Å². The SMILES string of the molecule is CCn1c(CCNC(=O)c2c(C)nn(Cc3ccc(C)cc3)c2Cl)n[nH]c1=S. The van der Waals surface area contributed by atoms with E-state index in [4.69, 9.17) is 23.8 Å². The lowest BCUT2D eigenvalue weighted by atomic mass is 10.1. The van der Waals surface area contributed by atoms with Crippen LogP contribution >= 0.6 is 23.8 Å². The molecule has 0 spiro atoms. The first-order valence-electron chi connectivity index (χ1n) is 9.11. The summed E-state index contributed by atoms with van der Waals surface area (Å²) in [5.41, 5.74) is 3.27. The number of aromatic amines is 1. The Balaban J connectivity index is 1.67. The van der Waals surface area contributed by atoms with E-state index in [-0.39, 0.29) is 5.91 Å². The molecule has 0 bridgehead atoms. The summed E-state index contributed by atoms with van der Waals surface area (Å²) in [7, 11) is 0. The molecule has 2 heterocycles. The fourth-order valence-electron chi connectivity index (χ4n) is 3.03. The molecule has 9 heteroatoms. The number of aromatic nitrogens is 5. The molecule has 0 aliphatic rings. The van der Waals surface area contributed by atoms with Crippen LogP contribution in [0.2, 0.25) is 5.15 Å². The largest absolute Gasteiger partial charge is 0.351 e. The molecule has 1 amide bonds. The molecule has 148 valence electrons. The minimum atomic E-state index is -0.241. The molecule has 2 aromatic heterocycles. The van der Waals surface area contributed by atoms with Gasteiger partial charge < -0.3 is 9.88 Å². The van der Waals surface area contributed by atoms with Crippen molar-refractivity contribution < 1.29 is 4.79 Å². The summed E-state index contributed by atoms with van der Waals surface area (Å²) in [5, 5.41) is 14.6. The maximum absolute atomic E-state index is 12.6. The second-order valence-electron chi connectivity index (χ2n) is 6.59. The van der Waals surface area contributed by atoms with Gasteiger partial charge in [0.15, 0.2) is 4.77 Å². The number of nitrogens with zero attached hydrogens (tertiary/aromatic N) is 4. The number of amides is 1. The Bertz CT molecular complexity index is 1030. The minimum absolute atomic E-state index is 0.241. The lowest BCUT2D eigenvalue weighted by Gasteiger charge is -2.07. The van der Waals surface area contributed by atoms with Gasteiger partial charge in [0.1, 0.15) is 11.0 Å². The minimum Gasteiger partial charge on any atom is -0.351 e. The third-order valence-electron chi connectivity index (χ3n) is 4.53. The van der Waals surface area contributed by atoms with Gasteiger partial charge in [0.25, 0.3) is 5.91 Å². The topological polar surface area (TPSA) is 80.5 Å². The normalized spacial score (nSPS) is 11.0. The number of rotatable bonds is 7. The molecule has 0 atom stereocenters. The highest BCUT2D eigenvalue weighted by atomic mass is 35.5. The van der Waals surface area contributed by atoms with E-state index in [1.54, 1.807) is 11.6 Å². The molecule has 0 aliphatic carbocycles. The zero-order valence-corrected chi connectivity index (χ0v) is 17.7. The van der Waals surface area contributed by atoms with Crippen molar-refractivity contribution in [3.8, 4) is 0 Å². The van der Waals surface area contributed by atoms with E-state index in [2.05, 4.69) is 20.6 Å². The van der Waals surface area contributed by atoms with E-state index in [9.17, 15) is 4.79 Å². The Morgan fingerprint density at radius 2 is 2.00 bits per heavy atom. The lowest BCUT2D eigenvalue weighted by molar-refractivity contribution is 0.0953. The Morgan fingerprint density at radius 1 is 1.29 bits per heavy atom. The molecule has 3 aromatic rings. The Kier molecular flexibility index (Phi) is 6.31. The fourth-order valence-corrected chi connectivity index (χ4v) is 3.63. The Hall–Kier alpha value is -2.45. The molecule has 0 unspecified atom stereocenters. The standard InChI is InChI=1S/C19H23ClN6OS/c1-4-25-15(22-23-19(25)28)9-10-21-18(27)16-13(3)24-26(17(16)20)11-14-7-5-12(2)6-8-14/h5-8H,4,9-11H2,1-3H3,(H,21,27)(H,23,28). The molecule has 3 rings (SSSR count). The van der Waals surface area contributed by atoms with E-state index >= 15 is 0 Å². The summed E-state index contributed by atoms with van der Waals surface area (Å²) >= 11 is 11.6. The molecular formula is C19H23ClN6OS. The zero-order valence-electron chi connectivity index (χ0n) is 16.1. The number of carbonyl (C=O) groups is 1. The molecule has 0 saturated carbocycles. The second kappa shape index (κ2) is 8.70. The number of nitrogens with one attached hydrogen (secondary N) is 2. The molecule has 28 heavy (non-hydrogen) atoms. The summed E-state index contributed by atoms with van der Waals surface area (Å²) in [4.78, 5) is 12.6. The third-order valence-corrected chi connectivity index (χ3v) is 5.23. The number of carbonyl (C=O) groups excluding carboxylic acids is 1. The summed E-state index contributed by atoms with van der Waals surface area (Å²) < 4.78 is 4.14. The van der Waals surface area contributed by atoms with Gasteiger partial charge in [-0.3, -0.25) is 9.89 Å². The highest BCUT2D eigenvalue weighted by molar-refractivity contribution is 7.71. The third kappa shape index (κ3) is 4.34. The number of halogens is 1. The zero-order chi connectivity index (χ0) is 20.3. The molecule has 7 nitrogen and oxygen atoms in total. The maximum Gasteiger partial charge on any atom is 0.256 e. The number of benzene rings is 1. The molecule has 0 aliphatic heterocycles. The van der Waals surface area contributed by atoms with Crippen molar-refractivity contribution in [2.75, 3.05) is 6.54 Å². The van der Waals surface area contributed by atoms with Crippen molar-refractivity contribution in [2.45, 2.75) is 40.3 Å². The van der Waals surface area contributed by atoms with Gasteiger partial charge >= 0.3 is 0 Å². The van der Waals surface area contributed by atoms with Crippen LogP contribution < -0.4 is 5.32 Å². The van der Waals surface area contributed by atoms with Gasteiger partial charge in [0, 0.05) is 19.5 Å². The monoisotopic (exact) mass is 418 g/mol. The summed E-state index contributed by atoms with van der Waals surface area (Å²) in [6, 6.07) is 8.14. The first kappa shape index (κ1) is 20.3. The van der Waals surface area contributed by atoms with E-state index < -0.39 is 0 Å². The highest BCUT2D eigenvalue weighted by Gasteiger charge is 2.20. The van der Waals surface area contributed by atoms with E-state index in [0.29, 0.717) is 40.7 Å². The Labute approximate surface area is 173 Å². The van der Waals surface area contributed by atoms with E-state index in [0.717, 1.165) is 17.9 Å². The van der Waals surface area contributed by atoms with Crippen molar-refractivity contribution in [2.24, 2.45) is 0 Å². The van der Waals surface area contributed by atoms with Crippen molar-refractivity contribution in [3.05, 3.63) is 62.4 Å². The molecule has 2 N–H and O–H groups in total. The van der Waals surface area contributed by atoms with Crippen molar-refractivity contribution in [1.82, 2.24) is 29.9 Å². The average molecular weight is 419 g/mol. The van der Waals surface area contributed by atoms with Crippen molar-refractivity contribution in [1.29, 1.82) is 0 Å². The van der Waals surface area contributed by atoms with Crippen LogP contribution in [0.5, 0.6) is 0 Å². The van der Waals surface area contributed by atoms with Crippen LogP contribution in [0, 0.1) is 18.6 Å². The number of hydrogen-bond donors (Lipinski definition) is 2. The van der Waals surface area contributed by atoms with Crippen LogP contribution in [-0.2, 0) is 19.5 Å². The smallest absolute Gasteiger partial charge is 0.256 e. The first-order chi connectivity index (χ1) is 13.4. The fraction of sp³-hybridized carbons (Fsp3) is 0.368. The number of hydrogen-bond acceptors (Lipinski definition) is 4. The summed E-state index contributed by atoms with van der Waals surface area (Å²) in [6.45, 7) is 7.50. The molecule has 0 fully saturated rings. The molecular weight excluding hydrogens is 396 g/mol. The molecule has 0 radical (unpaired) electrons. The van der Waals surface area contributed by atoms with Crippen LogP contribution in [0.3, 0.4) is 0 Å². The predicted molar refractivity (Wildman–Crippen MR) is 111 cm³/mol. The van der Waals surface area contributed by atoms with Crippen LogP contribution in [0.1, 0.15) is 39.9 Å². The first-order valence-corrected chi connectivity index (χ1v) is 9.90. The highest BCUT2D eigenvalue weighted by Crippen LogP contribution is 2.21. The van der Waals surface area contributed by atoms with E-state index in [1.807, 2.05) is 42.7 Å².